The van der Waals surface area contributed by atoms with Gasteiger partial charge in [0.05, 0.1) is 26.2 Å². The maximum Gasteiger partial charge on any atom is 0.170 e. The van der Waals surface area contributed by atoms with Gasteiger partial charge in [-0.1, -0.05) is 0 Å². The van der Waals surface area contributed by atoms with E-state index in [1.807, 2.05) is 31.2 Å². The Bertz CT molecular complexity index is 430. The number of likely N-dealkylation sites (tertiary alicyclic amines) is 1. The smallest absolute Gasteiger partial charge is 0.170 e. The van der Waals surface area contributed by atoms with Crippen LogP contribution >= 0.6 is 12.2 Å². The van der Waals surface area contributed by atoms with Crippen molar-refractivity contribution in [3.05, 3.63) is 24.3 Å². The van der Waals surface area contributed by atoms with E-state index in [0.29, 0.717) is 11.7 Å². The van der Waals surface area contributed by atoms with Crippen molar-refractivity contribution >= 4 is 23.0 Å². The van der Waals surface area contributed by atoms with Gasteiger partial charge >= 0.3 is 0 Å². The summed E-state index contributed by atoms with van der Waals surface area (Å²) in [5.41, 5.74) is 0.987. The molecule has 2 rings (SSSR count). The molecule has 0 saturated carbocycles. The molecule has 1 heterocycles. The summed E-state index contributed by atoms with van der Waals surface area (Å²) in [7, 11) is 0. The molecule has 0 aromatic heterocycles. The van der Waals surface area contributed by atoms with E-state index in [0.717, 1.165) is 18.0 Å². The lowest BCUT2D eigenvalue weighted by Gasteiger charge is -2.13. The van der Waals surface area contributed by atoms with Gasteiger partial charge < -0.3 is 20.3 Å². The lowest BCUT2D eigenvalue weighted by atomic mass is 10.3. The highest BCUT2D eigenvalue weighted by Crippen LogP contribution is 2.15. The van der Waals surface area contributed by atoms with Gasteiger partial charge in [-0.3, -0.25) is 0 Å². The zero-order valence-electron chi connectivity index (χ0n) is 12.8. The van der Waals surface area contributed by atoms with Crippen molar-refractivity contribution in [2.24, 2.45) is 0 Å². The minimum atomic E-state index is 0.686. The van der Waals surface area contributed by atoms with Crippen molar-refractivity contribution in [1.29, 1.82) is 0 Å². The minimum absolute atomic E-state index is 0.686. The molecule has 0 spiro atoms. The van der Waals surface area contributed by atoms with Crippen molar-refractivity contribution in [3.8, 4) is 5.75 Å². The van der Waals surface area contributed by atoms with Gasteiger partial charge in [0.15, 0.2) is 5.11 Å². The maximum absolute atomic E-state index is 5.42. The SMILES string of the molecule is CCOc1ccc(NC(=S)NCCC[NH+]2CCCC2)cc1. The van der Waals surface area contributed by atoms with Gasteiger partial charge in [-0.25, -0.2) is 0 Å². The molecule has 21 heavy (non-hydrogen) atoms. The van der Waals surface area contributed by atoms with Gasteiger partial charge in [-0.05, 0) is 43.4 Å². The molecule has 1 aliphatic rings. The largest absolute Gasteiger partial charge is 0.494 e. The van der Waals surface area contributed by atoms with Crippen LogP contribution in [0, 0.1) is 0 Å². The van der Waals surface area contributed by atoms with E-state index in [1.54, 1.807) is 4.90 Å². The summed E-state index contributed by atoms with van der Waals surface area (Å²) in [6.07, 6.45) is 3.95. The van der Waals surface area contributed by atoms with E-state index < -0.39 is 0 Å². The predicted octanol–water partition coefficient (Wildman–Crippen LogP) is 1.44. The average molecular weight is 308 g/mol. The van der Waals surface area contributed by atoms with Crippen molar-refractivity contribution in [2.75, 3.05) is 38.1 Å². The molecule has 3 N–H and O–H groups in total. The van der Waals surface area contributed by atoms with Crippen LogP contribution in [0.5, 0.6) is 5.75 Å². The summed E-state index contributed by atoms with van der Waals surface area (Å²) in [5, 5.41) is 7.16. The number of ether oxygens (including phenoxy) is 1. The third-order valence-corrected chi connectivity index (χ3v) is 3.97. The van der Waals surface area contributed by atoms with Crippen molar-refractivity contribution < 1.29 is 9.64 Å². The van der Waals surface area contributed by atoms with Crippen LogP contribution < -0.4 is 20.3 Å². The minimum Gasteiger partial charge on any atom is -0.494 e. The van der Waals surface area contributed by atoms with E-state index >= 15 is 0 Å². The number of hydrogen-bond acceptors (Lipinski definition) is 2. The first-order valence-electron chi connectivity index (χ1n) is 7.89. The molecular weight excluding hydrogens is 282 g/mol. The van der Waals surface area contributed by atoms with E-state index in [2.05, 4.69) is 10.6 Å². The van der Waals surface area contributed by atoms with Gasteiger partial charge in [0.2, 0.25) is 0 Å². The van der Waals surface area contributed by atoms with Crippen LogP contribution in [0.3, 0.4) is 0 Å². The summed E-state index contributed by atoms with van der Waals surface area (Å²) in [5.74, 6) is 0.885. The number of benzene rings is 1. The molecule has 0 radical (unpaired) electrons. The molecule has 0 atom stereocenters. The zero-order valence-corrected chi connectivity index (χ0v) is 13.6. The molecule has 0 amide bonds. The maximum atomic E-state index is 5.42. The fourth-order valence-electron chi connectivity index (χ4n) is 2.64. The van der Waals surface area contributed by atoms with Crippen LogP contribution in [0.4, 0.5) is 5.69 Å². The quantitative estimate of drug-likeness (QED) is 0.526. The number of rotatable bonds is 7. The molecule has 1 aromatic rings. The van der Waals surface area contributed by atoms with E-state index in [1.165, 1.54) is 38.9 Å². The summed E-state index contributed by atoms with van der Waals surface area (Å²) >= 11 is 5.31. The second-order valence-electron chi connectivity index (χ2n) is 5.40. The van der Waals surface area contributed by atoms with Crippen molar-refractivity contribution in [3.63, 3.8) is 0 Å². The number of thiocarbonyl (C=S) groups is 1. The Morgan fingerprint density at radius 2 is 1.95 bits per heavy atom. The summed E-state index contributed by atoms with van der Waals surface area (Å²) in [6.45, 7) is 7.54. The summed E-state index contributed by atoms with van der Waals surface area (Å²) in [6, 6.07) is 7.86. The van der Waals surface area contributed by atoms with Crippen LogP contribution in [-0.4, -0.2) is 37.9 Å². The summed E-state index contributed by atoms with van der Waals surface area (Å²) in [4.78, 5) is 1.74. The lowest BCUT2D eigenvalue weighted by Crippen LogP contribution is -3.10. The van der Waals surface area contributed by atoms with Crippen molar-refractivity contribution in [1.82, 2.24) is 5.32 Å². The highest BCUT2D eigenvalue weighted by atomic mass is 32.1. The average Bonchev–Trinajstić information content (AvgIpc) is 2.99. The standard InChI is InChI=1S/C16H25N3OS/c1-2-20-15-8-6-14(7-9-15)18-16(21)17-10-5-13-19-11-3-4-12-19/h6-9H,2-5,10-13H2,1H3,(H2,17,18,21)/p+1. The number of nitrogens with one attached hydrogen (secondary N) is 3. The molecule has 5 heteroatoms. The van der Waals surface area contributed by atoms with Crippen LogP contribution in [0.1, 0.15) is 26.2 Å². The Morgan fingerprint density at radius 1 is 1.24 bits per heavy atom. The number of hydrogen-bond donors (Lipinski definition) is 3. The first-order chi connectivity index (χ1) is 10.3. The monoisotopic (exact) mass is 308 g/mol. The first-order valence-corrected chi connectivity index (χ1v) is 8.30. The van der Waals surface area contributed by atoms with Crippen LogP contribution in [0.2, 0.25) is 0 Å². The van der Waals surface area contributed by atoms with Crippen molar-refractivity contribution in [2.45, 2.75) is 26.2 Å². The highest BCUT2D eigenvalue weighted by Gasteiger charge is 2.13. The Kier molecular flexibility index (Phi) is 6.76. The van der Waals surface area contributed by atoms with Gasteiger partial charge in [-0.2, -0.15) is 0 Å². The van der Waals surface area contributed by atoms with Gasteiger partial charge in [0.25, 0.3) is 0 Å². The molecule has 1 aliphatic heterocycles. The normalized spacial score (nSPS) is 14.9. The molecule has 4 nitrogen and oxygen atoms in total. The Hall–Kier alpha value is -1.33. The molecule has 116 valence electrons. The molecule has 0 unspecified atom stereocenters. The second-order valence-corrected chi connectivity index (χ2v) is 5.81. The molecule has 0 bridgehead atoms. The molecular formula is C16H26N3OS+. The van der Waals surface area contributed by atoms with Crippen LogP contribution in [0.15, 0.2) is 24.3 Å². The van der Waals surface area contributed by atoms with Crippen LogP contribution in [0.25, 0.3) is 0 Å². The van der Waals surface area contributed by atoms with Gasteiger partial charge in [-0.15, -0.1) is 0 Å². The fourth-order valence-corrected chi connectivity index (χ4v) is 2.86. The number of quaternary nitrogens is 1. The fraction of sp³-hybridized carbons (Fsp3) is 0.562. The van der Waals surface area contributed by atoms with E-state index in [9.17, 15) is 0 Å². The molecule has 1 fully saturated rings. The Labute approximate surface area is 132 Å². The Balaban J connectivity index is 1.61. The lowest BCUT2D eigenvalue weighted by molar-refractivity contribution is -0.887. The number of anilines is 1. The van der Waals surface area contributed by atoms with Gasteiger partial charge in [0, 0.05) is 31.5 Å². The first kappa shape index (κ1) is 16.0. The third kappa shape index (κ3) is 5.89. The Morgan fingerprint density at radius 3 is 2.62 bits per heavy atom. The third-order valence-electron chi connectivity index (χ3n) is 3.73. The molecule has 1 saturated heterocycles. The predicted molar refractivity (Wildman–Crippen MR) is 91.2 cm³/mol. The second kappa shape index (κ2) is 8.85. The molecule has 0 aliphatic carbocycles. The van der Waals surface area contributed by atoms with Crippen LogP contribution in [-0.2, 0) is 0 Å². The van der Waals surface area contributed by atoms with E-state index in [-0.39, 0.29) is 0 Å². The summed E-state index contributed by atoms with van der Waals surface area (Å²) < 4.78 is 5.42. The zero-order chi connectivity index (χ0) is 14.9. The van der Waals surface area contributed by atoms with Gasteiger partial charge in [0.1, 0.15) is 5.75 Å². The van der Waals surface area contributed by atoms with E-state index in [4.69, 9.17) is 17.0 Å². The molecule has 1 aromatic carbocycles. The highest BCUT2D eigenvalue weighted by molar-refractivity contribution is 7.80. The topological polar surface area (TPSA) is 37.7 Å².